The number of aliphatic hydroxyl groups is 1. The predicted molar refractivity (Wildman–Crippen MR) is 61.8 cm³/mol. The van der Waals surface area contributed by atoms with E-state index >= 15 is 0 Å². The quantitative estimate of drug-likeness (QED) is 0.742. The van der Waals surface area contributed by atoms with E-state index in [1.165, 1.54) is 0 Å². The smallest absolute Gasteiger partial charge is 0.168 e. The summed E-state index contributed by atoms with van der Waals surface area (Å²) in [5, 5.41) is 8.51. The first kappa shape index (κ1) is 12.3. The summed E-state index contributed by atoms with van der Waals surface area (Å²) in [6.07, 6.45) is 2.14. The van der Waals surface area contributed by atoms with Crippen LogP contribution < -0.4 is 4.74 Å². The van der Waals surface area contributed by atoms with Crippen LogP contribution in [-0.2, 0) is 4.74 Å². The minimum absolute atomic E-state index is 0.00841. The third-order valence-corrected chi connectivity index (χ3v) is 2.73. The van der Waals surface area contributed by atoms with Crippen molar-refractivity contribution in [2.24, 2.45) is 0 Å². The van der Waals surface area contributed by atoms with Crippen molar-refractivity contribution >= 4 is 0 Å². The number of benzene rings is 1. The molecule has 1 aromatic rings. The summed E-state index contributed by atoms with van der Waals surface area (Å²) >= 11 is 0. The Labute approximate surface area is 100 Å². The minimum atomic E-state index is -0.239. The molecule has 0 unspecified atom stereocenters. The van der Waals surface area contributed by atoms with Gasteiger partial charge >= 0.3 is 0 Å². The van der Waals surface area contributed by atoms with Gasteiger partial charge < -0.3 is 14.6 Å². The van der Waals surface area contributed by atoms with E-state index < -0.39 is 0 Å². The fourth-order valence-electron chi connectivity index (χ4n) is 1.73. The van der Waals surface area contributed by atoms with Crippen molar-refractivity contribution in [1.82, 2.24) is 0 Å². The van der Waals surface area contributed by atoms with Gasteiger partial charge in [0.25, 0.3) is 0 Å². The highest BCUT2D eigenvalue weighted by molar-refractivity contribution is 5.35. The average Bonchev–Trinajstić information content (AvgIpc) is 3.15. The van der Waals surface area contributed by atoms with Gasteiger partial charge in [0.2, 0.25) is 0 Å². The van der Waals surface area contributed by atoms with Crippen LogP contribution >= 0.6 is 0 Å². The second kappa shape index (κ2) is 5.98. The highest BCUT2D eigenvalue weighted by Gasteiger charge is 2.27. The molecule has 2 rings (SSSR count). The number of hydrogen-bond donors (Lipinski definition) is 1. The number of aliphatic hydroxyl groups excluding tert-OH is 1. The molecule has 1 aliphatic rings. The first-order valence-corrected chi connectivity index (χ1v) is 5.92. The molecule has 1 aliphatic carbocycles. The zero-order chi connectivity index (χ0) is 12.1. The summed E-state index contributed by atoms with van der Waals surface area (Å²) in [4.78, 5) is 0. The molecule has 1 aromatic carbocycles. The van der Waals surface area contributed by atoms with Crippen molar-refractivity contribution in [3.05, 3.63) is 29.6 Å². The van der Waals surface area contributed by atoms with E-state index in [1.54, 1.807) is 6.07 Å². The molecule has 3 nitrogen and oxygen atoms in total. The van der Waals surface area contributed by atoms with Gasteiger partial charge in [-0.3, -0.25) is 0 Å². The van der Waals surface area contributed by atoms with E-state index in [2.05, 4.69) is 0 Å². The van der Waals surface area contributed by atoms with Gasteiger partial charge in [-0.05, 0) is 30.4 Å². The van der Waals surface area contributed by atoms with Crippen molar-refractivity contribution in [2.45, 2.75) is 18.8 Å². The SMILES string of the molecule is OCCOCCOc1cccc(C2CC2)c1F. The van der Waals surface area contributed by atoms with Crippen LogP contribution in [0, 0.1) is 5.82 Å². The van der Waals surface area contributed by atoms with Crippen molar-refractivity contribution in [2.75, 3.05) is 26.4 Å². The Hall–Kier alpha value is -1.13. The summed E-state index contributed by atoms with van der Waals surface area (Å²) in [5.41, 5.74) is 0.763. The van der Waals surface area contributed by atoms with Gasteiger partial charge in [-0.15, -0.1) is 0 Å². The fraction of sp³-hybridized carbons (Fsp3) is 0.538. The van der Waals surface area contributed by atoms with Gasteiger partial charge in [-0.1, -0.05) is 12.1 Å². The maximum absolute atomic E-state index is 13.9. The topological polar surface area (TPSA) is 38.7 Å². The van der Waals surface area contributed by atoms with Gasteiger partial charge in [0.05, 0.1) is 19.8 Å². The molecule has 1 N–H and O–H groups in total. The van der Waals surface area contributed by atoms with Crippen LogP contribution in [0.15, 0.2) is 18.2 Å². The van der Waals surface area contributed by atoms with Gasteiger partial charge in [0, 0.05) is 0 Å². The first-order chi connectivity index (χ1) is 8.33. The van der Waals surface area contributed by atoms with Gasteiger partial charge in [-0.25, -0.2) is 4.39 Å². The van der Waals surface area contributed by atoms with Crippen LogP contribution in [0.3, 0.4) is 0 Å². The number of hydrogen-bond acceptors (Lipinski definition) is 3. The van der Waals surface area contributed by atoms with Crippen LogP contribution in [0.5, 0.6) is 5.75 Å². The maximum Gasteiger partial charge on any atom is 0.168 e. The predicted octanol–water partition coefficient (Wildman–Crippen LogP) is 2.09. The Bertz CT molecular complexity index is 364. The molecular formula is C13H17FO3. The zero-order valence-electron chi connectivity index (χ0n) is 9.69. The summed E-state index contributed by atoms with van der Waals surface area (Å²) in [7, 11) is 0. The van der Waals surface area contributed by atoms with Gasteiger partial charge in [0.1, 0.15) is 6.61 Å². The molecule has 4 heteroatoms. The normalized spacial score (nSPS) is 14.9. The summed E-state index contributed by atoms with van der Waals surface area (Å²) in [5.74, 6) is 0.434. The molecule has 94 valence electrons. The molecule has 0 saturated heterocycles. The Morgan fingerprint density at radius 3 is 2.76 bits per heavy atom. The van der Waals surface area contributed by atoms with E-state index in [9.17, 15) is 4.39 Å². The molecule has 0 amide bonds. The molecule has 0 spiro atoms. The third-order valence-electron chi connectivity index (χ3n) is 2.73. The van der Waals surface area contributed by atoms with Crippen molar-refractivity contribution in [1.29, 1.82) is 0 Å². The third kappa shape index (κ3) is 3.41. The first-order valence-electron chi connectivity index (χ1n) is 5.92. The standard InChI is InChI=1S/C13H17FO3/c14-13-11(10-4-5-10)2-1-3-12(13)17-9-8-16-7-6-15/h1-3,10,15H,4-9H2. The van der Waals surface area contributed by atoms with Crippen LogP contribution in [0.4, 0.5) is 4.39 Å². The lowest BCUT2D eigenvalue weighted by Crippen LogP contribution is -2.10. The van der Waals surface area contributed by atoms with Gasteiger partial charge in [-0.2, -0.15) is 0 Å². The monoisotopic (exact) mass is 240 g/mol. The second-order valence-corrected chi connectivity index (χ2v) is 4.12. The highest BCUT2D eigenvalue weighted by atomic mass is 19.1. The summed E-state index contributed by atoms with van der Waals surface area (Å²) in [6, 6.07) is 5.27. The molecule has 17 heavy (non-hydrogen) atoms. The molecule has 1 saturated carbocycles. The number of ether oxygens (including phenoxy) is 2. The number of halogens is 1. The average molecular weight is 240 g/mol. The molecule has 0 radical (unpaired) electrons. The molecule has 0 heterocycles. The van der Waals surface area contributed by atoms with Crippen LogP contribution in [0.2, 0.25) is 0 Å². The highest BCUT2D eigenvalue weighted by Crippen LogP contribution is 2.42. The van der Waals surface area contributed by atoms with Gasteiger partial charge in [0.15, 0.2) is 11.6 Å². The summed E-state index contributed by atoms with van der Waals surface area (Å²) < 4.78 is 24.3. The van der Waals surface area contributed by atoms with Crippen LogP contribution in [0.25, 0.3) is 0 Å². The van der Waals surface area contributed by atoms with E-state index in [1.807, 2.05) is 12.1 Å². The maximum atomic E-state index is 13.9. The Morgan fingerprint density at radius 2 is 2.06 bits per heavy atom. The lowest BCUT2D eigenvalue weighted by molar-refractivity contribution is 0.0696. The molecule has 0 aromatic heterocycles. The Balaban J connectivity index is 1.85. The van der Waals surface area contributed by atoms with E-state index in [0.29, 0.717) is 24.9 Å². The molecule has 0 bridgehead atoms. The van der Waals surface area contributed by atoms with Crippen LogP contribution in [-0.4, -0.2) is 31.5 Å². The largest absolute Gasteiger partial charge is 0.488 e. The molecule has 0 aliphatic heterocycles. The Kier molecular flexibility index (Phi) is 4.34. The zero-order valence-corrected chi connectivity index (χ0v) is 9.69. The van der Waals surface area contributed by atoms with Crippen molar-refractivity contribution in [3.8, 4) is 5.75 Å². The van der Waals surface area contributed by atoms with E-state index in [-0.39, 0.29) is 19.0 Å². The van der Waals surface area contributed by atoms with Crippen molar-refractivity contribution < 1.29 is 19.0 Å². The van der Waals surface area contributed by atoms with E-state index in [0.717, 1.165) is 18.4 Å². The fourth-order valence-corrected chi connectivity index (χ4v) is 1.73. The minimum Gasteiger partial charge on any atom is -0.488 e. The van der Waals surface area contributed by atoms with Crippen LogP contribution in [0.1, 0.15) is 24.3 Å². The lowest BCUT2D eigenvalue weighted by Gasteiger charge is -2.09. The number of rotatable bonds is 7. The van der Waals surface area contributed by atoms with E-state index in [4.69, 9.17) is 14.6 Å². The lowest BCUT2D eigenvalue weighted by atomic mass is 10.1. The molecular weight excluding hydrogens is 223 g/mol. The van der Waals surface area contributed by atoms with Crippen molar-refractivity contribution in [3.63, 3.8) is 0 Å². The molecule has 1 fully saturated rings. The summed E-state index contributed by atoms with van der Waals surface area (Å²) in [6.45, 7) is 0.929. The molecule has 0 atom stereocenters. The Morgan fingerprint density at radius 1 is 1.24 bits per heavy atom. The second-order valence-electron chi connectivity index (χ2n) is 4.12.